The van der Waals surface area contributed by atoms with E-state index in [0.717, 1.165) is 30.4 Å². The number of piperidine rings is 1. The third-order valence-corrected chi connectivity index (χ3v) is 11.9. The van der Waals surface area contributed by atoms with E-state index in [1.54, 1.807) is 30.3 Å². The first-order valence-electron chi connectivity index (χ1n) is 20.5. The Labute approximate surface area is 350 Å². The summed E-state index contributed by atoms with van der Waals surface area (Å²) in [5, 5.41) is 5.91. The van der Waals surface area contributed by atoms with Crippen LogP contribution in [0, 0.1) is 12.8 Å². The molecule has 1 aliphatic carbocycles. The van der Waals surface area contributed by atoms with Crippen LogP contribution in [0.25, 0.3) is 11.3 Å². The first-order valence-corrected chi connectivity index (χ1v) is 20.5. The summed E-state index contributed by atoms with van der Waals surface area (Å²) >= 11 is 0. The number of alkyl halides is 2. The van der Waals surface area contributed by atoms with Crippen molar-refractivity contribution in [2.45, 2.75) is 63.6 Å². The van der Waals surface area contributed by atoms with E-state index < -0.39 is 11.7 Å². The lowest BCUT2D eigenvalue weighted by Gasteiger charge is -2.32. The number of likely N-dealkylation sites (tertiary alicyclic amines) is 1. The Balaban J connectivity index is 0.787. The zero-order chi connectivity index (χ0) is 42.9. The van der Waals surface area contributed by atoms with Crippen LogP contribution in [0.2, 0.25) is 0 Å². The van der Waals surface area contributed by atoms with Crippen LogP contribution in [0.4, 0.5) is 20.5 Å². The standard InChI is InChI=1S/C45H46F2N6O8/c1-3-38(55)52-23-24-53(39(56)27-52)40-14-10-33(59-40)9-13-37(54)48-20-15-29-16-21-51(22-17-29)42(57)31-6-4-5-30(25-31)41-28(2)7-12-36(49-41)50-43(58)44(18-19-44)32-8-11-34-35(26-32)61-45(46,47)60-34/h3-8,10-12,14,25-26,29H,1,9,13,15-24,27H2,2H3,(H,48,54)(H,49,50,58). The largest absolute Gasteiger partial charge is 0.586 e. The average molecular weight is 837 g/mol. The number of fused-ring (bicyclic) bond motifs is 1. The van der Waals surface area contributed by atoms with Crippen LogP contribution in [0.3, 0.4) is 0 Å². The van der Waals surface area contributed by atoms with Gasteiger partial charge in [-0.3, -0.25) is 28.9 Å². The summed E-state index contributed by atoms with van der Waals surface area (Å²) in [6.45, 7) is 7.74. The van der Waals surface area contributed by atoms with Crippen LogP contribution in [0.15, 0.2) is 83.8 Å². The maximum absolute atomic E-state index is 13.7. The number of anilines is 2. The Morgan fingerprint density at radius 2 is 1.72 bits per heavy atom. The quantitative estimate of drug-likeness (QED) is 0.154. The molecule has 4 aromatic rings. The lowest BCUT2D eigenvalue weighted by Crippen LogP contribution is -2.52. The number of aromatic nitrogens is 1. The van der Waals surface area contributed by atoms with Gasteiger partial charge in [-0.1, -0.05) is 30.8 Å². The topological polar surface area (TPSA) is 164 Å². The van der Waals surface area contributed by atoms with Crippen molar-refractivity contribution in [3.05, 3.63) is 102 Å². The molecule has 5 heterocycles. The van der Waals surface area contributed by atoms with Crippen molar-refractivity contribution in [3.8, 4) is 22.8 Å². The molecular formula is C45H46F2N6O8. The Bertz CT molecular complexity index is 2390. The highest BCUT2D eigenvalue weighted by atomic mass is 19.3. The third-order valence-electron chi connectivity index (χ3n) is 11.9. The van der Waals surface area contributed by atoms with Gasteiger partial charge in [0.15, 0.2) is 11.5 Å². The van der Waals surface area contributed by atoms with Crippen molar-refractivity contribution < 1.29 is 46.6 Å². The number of piperazine rings is 1. The van der Waals surface area contributed by atoms with Crippen molar-refractivity contribution in [1.29, 1.82) is 0 Å². The van der Waals surface area contributed by atoms with Crippen molar-refractivity contribution in [2.24, 2.45) is 5.92 Å². The lowest BCUT2D eigenvalue weighted by atomic mass is 9.93. The zero-order valence-corrected chi connectivity index (χ0v) is 33.7. The molecule has 5 amide bonds. The summed E-state index contributed by atoms with van der Waals surface area (Å²) in [6.07, 6.45) is 1.56. The van der Waals surface area contributed by atoms with Gasteiger partial charge in [0, 0.05) is 62.8 Å². The van der Waals surface area contributed by atoms with E-state index in [-0.39, 0.29) is 54.0 Å². The number of nitrogens with one attached hydrogen (secondary N) is 2. The number of carbonyl (C=O) groups is 5. The molecule has 2 saturated heterocycles. The second-order valence-corrected chi connectivity index (χ2v) is 15.9. The van der Waals surface area contributed by atoms with Gasteiger partial charge < -0.3 is 34.3 Å². The molecule has 8 rings (SSSR count). The Kier molecular flexibility index (Phi) is 11.4. The number of halogens is 2. The van der Waals surface area contributed by atoms with E-state index >= 15 is 0 Å². The van der Waals surface area contributed by atoms with Gasteiger partial charge in [-0.05, 0) is 98.5 Å². The molecule has 0 atom stereocenters. The number of carbonyl (C=O) groups excluding carboxylic acids is 5. The van der Waals surface area contributed by atoms with Gasteiger partial charge in [-0.25, -0.2) is 4.98 Å². The molecule has 1 saturated carbocycles. The Hall–Kier alpha value is -6.58. The van der Waals surface area contributed by atoms with E-state index in [4.69, 9.17) is 9.40 Å². The number of pyridine rings is 1. The molecule has 0 spiro atoms. The van der Waals surface area contributed by atoms with E-state index in [1.165, 1.54) is 28.0 Å². The maximum Gasteiger partial charge on any atom is 0.586 e. The van der Waals surface area contributed by atoms with Gasteiger partial charge in [0.25, 0.3) is 5.91 Å². The molecule has 0 unspecified atom stereocenters. The second kappa shape index (κ2) is 16.8. The van der Waals surface area contributed by atoms with Crippen molar-refractivity contribution >= 4 is 41.2 Å². The van der Waals surface area contributed by atoms with Crippen molar-refractivity contribution in [3.63, 3.8) is 0 Å². The van der Waals surface area contributed by atoms with Crippen LogP contribution >= 0.6 is 0 Å². The Morgan fingerprint density at radius 3 is 2.48 bits per heavy atom. The number of furan rings is 1. The molecule has 61 heavy (non-hydrogen) atoms. The van der Waals surface area contributed by atoms with Crippen LogP contribution in [0.5, 0.6) is 11.5 Å². The highest BCUT2D eigenvalue weighted by Crippen LogP contribution is 2.52. The number of rotatable bonds is 13. The summed E-state index contributed by atoms with van der Waals surface area (Å²) in [4.78, 5) is 73.9. The molecule has 0 radical (unpaired) electrons. The molecule has 2 N–H and O–H groups in total. The summed E-state index contributed by atoms with van der Waals surface area (Å²) < 4.78 is 42.2. The molecule has 3 fully saturated rings. The van der Waals surface area contributed by atoms with Gasteiger partial charge in [0.2, 0.25) is 29.5 Å². The van der Waals surface area contributed by atoms with Crippen LogP contribution in [-0.2, 0) is 31.0 Å². The summed E-state index contributed by atoms with van der Waals surface area (Å²) in [7, 11) is 0. The SMILES string of the molecule is C=CC(=O)N1CCN(c2ccc(CCC(=O)NCCC3CCN(C(=O)c4cccc(-c5nc(NC(=O)C6(c7ccc8c(c7)OC(F)(F)O8)CC6)ccc5C)c4)CC3)o2)C(=O)C1. The van der Waals surface area contributed by atoms with Crippen LogP contribution in [-0.4, -0.2) is 89.9 Å². The highest BCUT2D eigenvalue weighted by molar-refractivity contribution is 6.01. The van der Waals surface area contributed by atoms with E-state index in [2.05, 4.69) is 26.7 Å². The summed E-state index contributed by atoms with van der Waals surface area (Å²) in [5.41, 5.74) is 2.38. The number of ether oxygens (including phenoxy) is 2. The van der Waals surface area contributed by atoms with Gasteiger partial charge in [-0.2, -0.15) is 0 Å². The van der Waals surface area contributed by atoms with Crippen molar-refractivity contribution in [1.82, 2.24) is 20.1 Å². The van der Waals surface area contributed by atoms with Gasteiger partial charge in [0.05, 0.1) is 11.1 Å². The van der Waals surface area contributed by atoms with Crippen LogP contribution < -0.4 is 25.0 Å². The fourth-order valence-electron chi connectivity index (χ4n) is 8.16. The van der Waals surface area contributed by atoms with E-state index in [9.17, 15) is 32.8 Å². The molecule has 4 aliphatic rings. The van der Waals surface area contributed by atoms with Gasteiger partial charge >= 0.3 is 6.29 Å². The predicted octanol–water partition coefficient (Wildman–Crippen LogP) is 5.99. The minimum Gasteiger partial charge on any atom is -0.445 e. The molecule has 2 aromatic heterocycles. The molecule has 16 heteroatoms. The van der Waals surface area contributed by atoms with Gasteiger partial charge in [0.1, 0.15) is 18.1 Å². The fraction of sp³-hybridized carbons (Fsp3) is 0.378. The number of nitrogens with zero attached hydrogens (tertiary/aromatic N) is 4. The molecule has 3 aliphatic heterocycles. The van der Waals surface area contributed by atoms with Gasteiger partial charge in [-0.15, -0.1) is 8.78 Å². The monoisotopic (exact) mass is 836 g/mol. The third kappa shape index (κ3) is 8.98. The summed E-state index contributed by atoms with van der Waals surface area (Å²) in [6, 6.07) is 18.7. The smallest absolute Gasteiger partial charge is 0.445 e. The predicted molar refractivity (Wildman–Crippen MR) is 219 cm³/mol. The zero-order valence-electron chi connectivity index (χ0n) is 33.7. The van der Waals surface area contributed by atoms with E-state index in [0.29, 0.717) is 92.2 Å². The molecule has 2 aromatic carbocycles. The molecular weight excluding hydrogens is 791 g/mol. The molecule has 318 valence electrons. The second-order valence-electron chi connectivity index (χ2n) is 15.9. The highest BCUT2D eigenvalue weighted by Gasteiger charge is 2.53. The number of hydrogen-bond acceptors (Lipinski definition) is 9. The summed E-state index contributed by atoms with van der Waals surface area (Å²) in [5.74, 6) is 0.476. The van der Waals surface area contributed by atoms with E-state index in [1.807, 2.05) is 36.1 Å². The minimum atomic E-state index is -3.75. The maximum atomic E-state index is 13.7. The number of hydrogen-bond donors (Lipinski definition) is 2. The average Bonchev–Trinajstić information content (AvgIpc) is 3.83. The minimum absolute atomic E-state index is 0.0433. The number of aryl methyl sites for hydroxylation is 2. The molecule has 0 bridgehead atoms. The first-order chi connectivity index (χ1) is 29.3. The van der Waals surface area contributed by atoms with Crippen molar-refractivity contribution in [2.75, 3.05) is 49.5 Å². The number of benzene rings is 2. The van der Waals surface area contributed by atoms with Crippen LogP contribution in [0.1, 0.15) is 65.8 Å². The Morgan fingerprint density at radius 1 is 0.934 bits per heavy atom. The lowest BCUT2D eigenvalue weighted by molar-refractivity contribution is -0.286. The molecule has 14 nitrogen and oxygen atoms in total. The fourth-order valence-corrected chi connectivity index (χ4v) is 8.16. The number of amides is 5. The normalized spacial score (nSPS) is 17.8. The first kappa shape index (κ1) is 41.2.